The monoisotopic (exact) mass is 344 g/mol. The number of esters is 1. The lowest BCUT2D eigenvalue weighted by Crippen LogP contribution is -2.48. The molecule has 0 aliphatic carbocycles. The highest BCUT2D eigenvalue weighted by atomic mass is 16.5. The number of benzene rings is 1. The highest BCUT2D eigenvalue weighted by Gasteiger charge is 2.33. The average molecular weight is 344 g/mol. The molecule has 0 saturated carbocycles. The van der Waals surface area contributed by atoms with E-state index in [4.69, 9.17) is 9.15 Å². The van der Waals surface area contributed by atoms with Gasteiger partial charge in [0.1, 0.15) is 11.6 Å². The molecule has 0 radical (unpaired) electrons. The number of hydrogen-bond acceptors (Lipinski definition) is 5. The van der Waals surface area contributed by atoms with E-state index in [-0.39, 0.29) is 11.9 Å². The van der Waals surface area contributed by atoms with Crippen molar-refractivity contribution >= 4 is 23.0 Å². The van der Waals surface area contributed by atoms with E-state index in [9.17, 15) is 9.59 Å². The van der Waals surface area contributed by atoms with Gasteiger partial charge >= 0.3 is 5.97 Å². The molecule has 0 bridgehead atoms. The van der Waals surface area contributed by atoms with E-state index in [2.05, 4.69) is 11.9 Å². The summed E-state index contributed by atoms with van der Waals surface area (Å²) >= 11 is 0. The number of carbonyl (C=O) groups excluding carboxylic acids is 2. The Morgan fingerprint density at radius 1 is 1.36 bits per heavy atom. The first-order valence-electron chi connectivity index (χ1n) is 8.92. The van der Waals surface area contributed by atoms with Gasteiger partial charge in [0.15, 0.2) is 11.5 Å². The molecule has 134 valence electrons. The molecule has 1 aliphatic heterocycles. The average Bonchev–Trinajstić information content (AvgIpc) is 3.07. The van der Waals surface area contributed by atoms with Crippen LogP contribution in [0, 0.1) is 0 Å². The van der Waals surface area contributed by atoms with Gasteiger partial charge in [-0.15, -0.1) is 0 Å². The third-order valence-corrected chi connectivity index (χ3v) is 4.66. The number of oxazole rings is 1. The number of hydrogen-bond donors (Lipinski definition) is 0. The number of fused-ring (bicyclic) bond motifs is 1. The van der Waals surface area contributed by atoms with E-state index in [1.807, 2.05) is 0 Å². The van der Waals surface area contributed by atoms with E-state index in [1.165, 1.54) is 7.11 Å². The summed E-state index contributed by atoms with van der Waals surface area (Å²) in [5, 5.41) is 0. The zero-order chi connectivity index (χ0) is 17.8. The number of amides is 1. The van der Waals surface area contributed by atoms with Crippen LogP contribution in [0.2, 0.25) is 0 Å². The standard InChI is InChI=1S/C19H24N2O4/c1-3-4-8-17-20-14-12-13(9-10-16(14)25-17)18(22)21-11-6-5-7-15(21)19(23)24-2/h9-10,12,15H,3-8,11H2,1-2H3/t15-/m0/s1. The Bertz CT molecular complexity index is 768. The maximum absolute atomic E-state index is 12.9. The number of methoxy groups -OCH3 is 1. The van der Waals surface area contributed by atoms with Crippen molar-refractivity contribution in [2.45, 2.75) is 51.5 Å². The van der Waals surface area contributed by atoms with E-state index in [0.29, 0.717) is 35.5 Å². The van der Waals surface area contributed by atoms with Crippen molar-refractivity contribution in [2.75, 3.05) is 13.7 Å². The number of ether oxygens (including phenoxy) is 1. The Morgan fingerprint density at radius 2 is 2.20 bits per heavy atom. The van der Waals surface area contributed by atoms with Crippen LogP contribution in [0.1, 0.15) is 55.3 Å². The first-order valence-corrected chi connectivity index (χ1v) is 8.92. The highest BCUT2D eigenvalue weighted by molar-refractivity contribution is 5.99. The third kappa shape index (κ3) is 3.67. The molecule has 1 aromatic heterocycles. The molecular weight excluding hydrogens is 320 g/mol. The molecule has 1 aliphatic rings. The second-order valence-corrected chi connectivity index (χ2v) is 6.43. The van der Waals surface area contributed by atoms with E-state index < -0.39 is 6.04 Å². The lowest BCUT2D eigenvalue weighted by atomic mass is 10.0. The summed E-state index contributed by atoms with van der Waals surface area (Å²) < 4.78 is 10.6. The van der Waals surface area contributed by atoms with Crippen LogP contribution in [-0.2, 0) is 16.0 Å². The fourth-order valence-electron chi connectivity index (χ4n) is 3.26. The zero-order valence-corrected chi connectivity index (χ0v) is 14.8. The Balaban J connectivity index is 1.84. The molecule has 25 heavy (non-hydrogen) atoms. The Labute approximate surface area is 147 Å². The van der Waals surface area contributed by atoms with Gasteiger partial charge in [-0.1, -0.05) is 13.3 Å². The number of piperidine rings is 1. The minimum absolute atomic E-state index is 0.157. The molecule has 1 saturated heterocycles. The Morgan fingerprint density at radius 3 is 2.96 bits per heavy atom. The van der Waals surface area contributed by atoms with Crippen molar-refractivity contribution in [2.24, 2.45) is 0 Å². The predicted molar refractivity (Wildman–Crippen MR) is 93.3 cm³/mol. The summed E-state index contributed by atoms with van der Waals surface area (Å²) in [5.74, 6) is 0.194. The molecule has 0 N–H and O–H groups in total. The van der Waals surface area contributed by atoms with Gasteiger partial charge in [-0.2, -0.15) is 0 Å². The van der Waals surface area contributed by atoms with Crippen LogP contribution in [0.3, 0.4) is 0 Å². The van der Waals surface area contributed by atoms with Crippen LogP contribution < -0.4 is 0 Å². The summed E-state index contributed by atoms with van der Waals surface area (Å²) in [7, 11) is 1.36. The molecule has 6 nitrogen and oxygen atoms in total. The maximum atomic E-state index is 12.9. The number of nitrogens with zero attached hydrogens (tertiary/aromatic N) is 2. The largest absolute Gasteiger partial charge is 0.467 e. The lowest BCUT2D eigenvalue weighted by Gasteiger charge is -2.33. The summed E-state index contributed by atoms with van der Waals surface area (Å²) in [5.41, 5.74) is 1.90. The summed E-state index contributed by atoms with van der Waals surface area (Å²) in [6.07, 6.45) is 5.36. The van der Waals surface area contributed by atoms with Crippen molar-refractivity contribution in [3.8, 4) is 0 Å². The van der Waals surface area contributed by atoms with Gasteiger partial charge in [0.25, 0.3) is 5.91 Å². The SMILES string of the molecule is CCCCc1nc2cc(C(=O)N3CCCC[C@H]3C(=O)OC)ccc2o1. The number of likely N-dealkylation sites (tertiary alicyclic amines) is 1. The molecule has 2 aromatic rings. The minimum atomic E-state index is -0.501. The summed E-state index contributed by atoms with van der Waals surface area (Å²) in [6, 6.07) is 4.77. The minimum Gasteiger partial charge on any atom is -0.467 e. The van der Waals surface area contributed by atoms with Crippen molar-refractivity contribution in [3.05, 3.63) is 29.7 Å². The Kier molecular flexibility index (Phi) is 5.36. The summed E-state index contributed by atoms with van der Waals surface area (Å²) in [6.45, 7) is 2.69. The van der Waals surface area contributed by atoms with Crippen molar-refractivity contribution in [1.82, 2.24) is 9.88 Å². The van der Waals surface area contributed by atoms with Crippen LogP contribution in [0.15, 0.2) is 22.6 Å². The Hall–Kier alpha value is -2.37. The van der Waals surface area contributed by atoms with Gasteiger partial charge in [0.2, 0.25) is 0 Å². The molecule has 1 amide bonds. The quantitative estimate of drug-likeness (QED) is 0.778. The van der Waals surface area contributed by atoms with Crippen LogP contribution in [0.25, 0.3) is 11.1 Å². The van der Waals surface area contributed by atoms with Gasteiger partial charge in [-0.25, -0.2) is 9.78 Å². The topological polar surface area (TPSA) is 72.6 Å². The summed E-state index contributed by atoms with van der Waals surface area (Å²) in [4.78, 5) is 31.0. The van der Waals surface area contributed by atoms with Crippen LogP contribution >= 0.6 is 0 Å². The molecule has 0 spiro atoms. The van der Waals surface area contributed by atoms with Crippen molar-refractivity contribution < 1.29 is 18.7 Å². The van der Waals surface area contributed by atoms with Gasteiger partial charge in [0.05, 0.1) is 7.11 Å². The lowest BCUT2D eigenvalue weighted by molar-refractivity contribution is -0.147. The maximum Gasteiger partial charge on any atom is 0.328 e. The van der Waals surface area contributed by atoms with E-state index >= 15 is 0 Å². The van der Waals surface area contributed by atoms with Gasteiger partial charge < -0.3 is 14.1 Å². The van der Waals surface area contributed by atoms with Crippen LogP contribution in [-0.4, -0.2) is 41.5 Å². The van der Waals surface area contributed by atoms with E-state index in [0.717, 1.165) is 32.1 Å². The number of aryl methyl sites for hydroxylation is 1. The van der Waals surface area contributed by atoms with Gasteiger partial charge in [-0.05, 0) is 43.9 Å². The molecule has 1 aromatic carbocycles. The molecule has 1 fully saturated rings. The molecule has 2 heterocycles. The van der Waals surface area contributed by atoms with Gasteiger partial charge in [-0.3, -0.25) is 4.79 Å². The molecular formula is C19H24N2O4. The molecule has 1 atom stereocenters. The second-order valence-electron chi connectivity index (χ2n) is 6.43. The normalized spacial score (nSPS) is 17.7. The number of aromatic nitrogens is 1. The third-order valence-electron chi connectivity index (χ3n) is 4.66. The van der Waals surface area contributed by atoms with E-state index in [1.54, 1.807) is 23.1 Å². The second kappa shape index (κ2) is 7.68. The number of unbranched alkanes of at least 4 members (excludes halogenated alkanes) is 1. The molecule has 6 heteroatoms. The highest BCUT2D eigenvalue weighted by Crippen LogP contribution is 2.23. The fourth-order valence-corrected chi connectivity index (χ4v) is 3.26. The number of carbonyl (C=O) groups is 2. The first kappa shape index (κ1) is 17.5. The molecule has 3 rings (SSSR count). The fraction of sp³-hybridized carbons (Fsp3) is 0.526. The van der Waals surface area contributed by atoms with Crippen molar-refractivity contribution in [3.63, 3.8) is 0 Å². The predicted octanol–water partition coefficient (Wildman–Crippen LogP) is 3.34. The smallest absolute Gasteiger partial charge is 0.328 e. The van der Waals surface area contributed by atoms with Crippen molar-refractivity contribution in [1.29, 1.82) is 0 Å². The molecule has 0 unspecified atom stereocenters. The number of rotatable bonds is 5. The zero-order valence-electron chi connectivity index (χ0n) is 14.8. The van der Waals surface area contributed by atoms with Crippen LogP contribution in [0.4, 0.5) is 0 Å². The first-order chi connectivity index (χ1) is 12.1. The van der Waals surface area contributed by atoms with Gasteiger partial charge in [0, 0.05) is 18.5 Å². The van der Waals surface area contributed by atoms with Crippen LogP contribution in [0.5, 0.6) is 0 Å².